The second-order valence-electron chi connectivity index (χ2n) is 14.9. The number of anilines is 2. The van der Waals surface area contributed by atoms with Gasteiger partial charge in [-0.3, -0.25) is 4.79 Å². The fraction of sp³-hybridized carbons (Fsp3) is 0.794. The predicted molar refractivity (Wildman–Crippen MR) is 157 cm³/mol. The second kappa shape index (κ2) is 10.7. The van der Waals surface area contributed by atoms with Crippen molar-refractivity contribution >= 4 is 17.3 Å². The minimum atomic E-state index is -0.105. The molecule has 38 heavy (non-hydrogen) atoms. The van der Waals surface area contributed by atoms with Gasteiger partial charge >= 0.3 is 5.97 Å². The van der Waals surface area contributed by atoms with Crippen LogP contribution in [0.5, 0.6) is 5.75 Å². The lowest BCUT2D eigenvalue weighted by Crippen LogP contribution is -2.54. The fourth-order valence-corrected chi connectivity index (χ4v) is 10.3. The Morgan fingerprint density at radius 1 is 0.947 bits per heavy atom. The maximum Gasteiger partial charge on any atom is 0.314 e. The van der Waals surface area contributed by atoms with E-state index in [2.05, 4.69) is 34.6 Å². The topological polar surface area (TPSA) is 78.3 Å². The number of carbonyl (C=O) groups excluding carboxylic acids is 1. The molecule has 4 nitrogen and oxygen atoms in total. The number of rotatable bonds is 7. The Bertz CT molecular complexity index is 1010. The van der Waals surface area contributed by atoms with Gasteiger partial charge in [-0.2, -0.15) is 0 Å². The molecule has 9 unspecified atom stereocenters. The van der Waals surface area contributed by atoms with Crippen molar-refractivity contribution in [3.63, 3.8) is 0 Å². The van der Waals surface area contributed by atoms with E-state index in [4.69, 9.17) is 16.2 Å². The van der Waals surface area contributed by atoms with Crippen LogP contribution in [0.4, 0.5) is 11.4 Å². The molecule has 4 aliphatic carbocycles. The fourth-order valence-electron chi connectivity index (χ4n) is 10.3. The molecule has 0 amide bonds. The maximum atomic E-state index is 13.2. The average molecular weight is 523 g/mol. The zero-order valence-electron chi connectivity index (χ0n) is 24.8. The van der Waals surface area contributed by atoms with Gasteiger partial charge in [-0.15, -0.1) is 0 Å². The normalized spacial score (nSPS) is 39.2. The van der Waals surface area contributed by atoms with E-state index < -0.39 is 0 Å². The molecule has 4 saturated carbocycles. The predicted octanol–water partition coefficient (Wildman–Crippen LogP) is 8.49. The third-order valence-electron chi connectivity index (χ3n) is 12.4. The molecule has 0 spiro atoms. The number of nitrogens with two attached hydrogens (primary N) is 2. The molecule has 4 heteroatoms. The first-order valence-corrected chi connectivity index (χ1v) is 15.9. The highest BCUT2D eigenvalue weighted by Gasteiger charge is 2.60. The van der Waals surface area contributed by atoms with Gasteiger partial charge in [-0.05, 0) is 128 Å². The van der Waals surface area contributed by atoms with Crippen LogP contribution in [-0.2, 0) is 4.79 Å². The summed E-state index contributed by atoms with van der Waals surface area (Å²) in [5.74, 6) is 6.20. The van der Waals surface area contributed by atoms with Crippen LogP contribution in [0.1, 0.15) is 112 Å². The Morgan fingerprint density at radius 2 is 1.68 bits per heavy atom. The number of hydrogen-bond acceptors (Lipinski definition) is 4. The molecule has 212 valence electrons. The van der Waals surface area contributed by atoms with Crippen molar-refractivity contribution in [2.45, 2.75) is 112 Å². The van der Waals surface area contributed by atoms with E-state index in [9.17, 15) is 4.79 Å². The summed E-state index contributed by atoms with van der Waals surface area (Å²) in [6, 6.07) is 5.13. The summed E-state index contributed by atoms with van der Waals surface area (Å²) < 4.78 is 5.78. The first kappa shape index (κ1) is 27.8. The number of esters is 1. The molecule has 0 bridgehead atoms. The highest BCUT2D eigenvalue weighted by molar-refractivity contribution is 5.77. The Kier molecular flexibility index (Phi) is 7.84. The summed E-state index contributed by atoms with van der Waals surface area (Å²) in [7, 11) is 0. The Labute approximate surface area is 232 Å². The standard InChI is InChI=1S/C34H54N2O2/c1-21(2)7-6-8-22(3)27-12-13-28-26-11-9-24-19-23(32(37)38-31-14-10-25(35)20-30(31)36)15-17-33(24,4)29(26)16-18-34(27,28)5/h10,14,20-24,26-29H,6-9,11-13,15-19,35-36H2,1-5H3. The summed E-state index contributed by atoms with van der Waals surface area (Å²) in [6.45, 7) is 12.6. The highest BCUT2D eigenvalue weighted by atomic mass is 16.5. The number of nitrogen functional groups attached to an aromatic ring is 2. The maximum absolute atomic E-state index is 13.2. The zero-order chi connectivity index (χ0) is 27.2. The number of hydrogen-bond donors (Lipinski definition) is 2. The lowest BCUT2D eigenvalue weighted by molar-refractivity contribution is -0.150. The van der Waals surface area contributed by atoms with Gasteiger partial charge in [0, 0.05) is 5.69 Å². The number of ether oxygens (including phenoxy) is 1. The molecule has 0 radical (unpaired) electrons. The molecular formula is C34H54N2O2. The Morgan fingerprint density at radius 3 is 2.42 bits per heavy atom. The minimum Gasteiger partial charge on any atom is -0.424 e. The second-order valence-corrected chi connectivity index (χ2v) is 14.9. The average Bonchev–Trinajstić information content (AvgIpc) is 3.22. The third-order valence-corrected chi connectivity index (χ3v) is 12.4. The molecule has 0 saturated heterocycles. The molecular weight excluding hydrogens is 468 g/mol. The van der Waals surface area contributed by atoms with Crippen LogP contribution in [0, 0.1) is 58.2 Å². The third kappa shape index (κ3) is 4.99. The summed E-state index contributed by atoms with van der Waals surface area (Å²) in [5.41, 5.74) is 13.8. The van der Waals surface area contributed by atoms with Crippen molar-refractivity contribution in [2.75, 3.05) is 11.5 Å². The molecule has 1 aromatic carbocycles. The van der Waals surface area contributed by atoms with E-state index in [0.717, 1.165) is 54.8 Å². The van der Waals surface area contributed by atoms with E-state index in [0.29, 0.717) is 33.9 Å². The number of fused-ring (bicyclic) bond motifs is 5. The van der Waals surface area contributed by atoms with Gasteiger partial charge < -0.3 is 16.2 Å². The molecule has 4 fully saturated rings. The van der Waals surface area contributed by atoms with E-state index in [1.54, 1.807) is 18.2 Å². The molecule has 0 heterocycles. The molecule has 1 aromatic rings. The summed E-state index contributed by atoms with van der Waals surface area (Å²) >= 11 is 0. The van der Waals surface area contributed by atoms with Gasteiger partial charge in [0.1, 0.15) is 0 Å². The lowest BCUT2D eigenvalue weighted by Gasteiger charge is -2.61. The van der Waals surface area contributed by atoms with Crippen molar-refractivity contribution in [1.82, 2.24) is 0 Å². The largest absolute Gasteiger partial charge is 0.424 e. The smallest absolute Gasteiger partial charge is 0.314 e. The van der Waals surface area contributed by atoms with Crippen LogP contribution < -0.4 is 16.2 Å². The summed E-state index contributed by atoms with van der Waals surface area (Å²) in [6.07, 6.45) is 15.7. The van der Waals surface area contributed by atoms with Crippen molar-refractivity contribution in [3.8, 4) is 5.75 Å². The lowest BCUT2D eigenvalue weighted by atomic mass is 9.44. The van der Waals surface area contributed by atoms with Gasteiger partial charge in [0.15, 0.2) is 5.75 Å². The number of benzene rings is 1. The highest BCUT2D eigenvalue weighted by Crippen LogP contribution is 2.68. The zero-order valence-corrected chi connectivity index (χ0v) is 24.8. The number of carbonyl (C=O) groups is 1. The summed E-state index contributed by atoms with van der Waals surface area (Å²) in [4.78, 5) is 13.2. The van der Waals surface area contributed by atoms with Crippen molar-refractivity contribution in [2.24, 2.45) is 58.2 Å². The van der Waals surface area contributed by atoms with Crippen LogP contribution in [0.2, 0.25) is 0 Å². The SMILES string of the molecule is CC(C)CCCC(C)C1CCC2C3CCC4CC(C(=O)Oc5ccc(N)cc5N)CCC4(C)C3CCC12C. The van der Waals surface area contributed by atoms with Gasteiger partial charge in [0.2, 0.25) is 0 Å². The van der Waals surface area contributed by atoms with E-state index in [1.807, 2.05) is 0 Å². The van der Waals surface area contributed by atoms with Gasteiger partial charge in [-0.1, -0.05) is 53.9 Å². The summed E-state index contributed by atoms with van der Waals surface area (Å²) in [5, 5.41) is 0. The van der Waals surface area contributed by atoms with Crippen LogP contribution in [0.15, 0.2) is 18.2 Å². The van der Waals surface area contributed by atoms with Crippen molar-refractivity contribution in [1.29, 1.82) is 0 Å². The minimum absolute atomic E-state index is 0.0158. The van der Waals surface area contributed by atoms with Crippen molar-refractivity contribution < 1.29 is 9.53 Å². The first-order chi connectivity index (χ1) is 18.0. The molecule has 0 aromatic heterocycles. The van der Waals surface area contributed by atoms with Crippen LogP contribution in [0.25, 0.3) is 0 Å². The van der Waals surface area contributed by atoms with Gasteiger partial charge in [0.25, 0.3) is 0 Å². The molecule has 4 N–H and O–H groups in total. The van der Waals surface area contributed by atoms with Crippen LogP contribution in [-0.4, -0.2) is 5.97 Å². The first-order valence-electron chi connectivity index (χ1n) is 15.9. The van der Waals surface area contributed by atoms with Crippen LogP contribution in [0.3, 0.4) is 0 Å². The Balaban J connectivity index is 1.23. The molecule has 5 rings (SSSR count). The van der Waals surface area contributed by atoms with E-state index >= 15 is 0 Å². The molecule has 0 aliphatic heterocycles. The Hall–Kier alpha value is -1.71. The van der Waals surface area contributed by atoms with E-state index in [-0.39, 0.29) is 11.9 Å². The van der Waals surface area contributed by atoms with E-state index in [1.165, 1.54) is 57.8 Å². The van der Waals surface area contributed by atoms with Crippen molar-refractivity contribution in [3.05, 3.63) is 18.2 Å². The molecule has 4 aliphatic rings. The monoisotopic (exact) mass is 522 g/mol. The molecule has 9 atom stereocenters. The van der Waals surface area contributed by atoms with Crippen LogP contribution >= 0.6 is 0 Å². The van der Waals surface area contributed by atoms with Gasteiger partial charge in [-0.25, -0.2) is 0 Å². The van der Waals surface area contributed by atoms with Gasteiger partial charge in [0.05, 0.1) is 11.6 Å². The quantitative estimate of drug-likeness (QED) is 0.214.